The van der Waals surface area contributed by atoms with Crippen molar-refractivity contribution in [2.75, 3.05) is 5.75 Å². The zero-order valence-electron chi connectivity index (χ0n) is 6.20. The molecule has 0 aromatic carbocycles. The van der Waals surface area contributed by atoms with Gasteiger partial charge in [0, 0.05) is 7.85 Å². The largest absolute Gasteiger partial charge is 0.480 e. The lowest BCUT2D eigenvalue weighted by Crippen LogP contribution is -2.38. The van der Waals surface area contributed by atoms with Gasteiger partial charge in [-0.25, -0.2) is 0 Å². The van der Waals surface area contributed by atoms with Crippen LogP contribution in [0.5, 0.6) is 0 Å². The number of rotatable bonds is 4. The number of carboxylic acids is 1. The highest BCUT2D eigenvalue weighted by Gasteiger charge is 2.12. The summed E-state index contributed by atoms with van der Waals surface area (Å²) < 4.78 is 0. The third-order valence-electron chi connectivity index (χ3n) is 1.09. The average Bonchev–Trinajstić information content (AvgIpc) is 1.87. The van der Waals surface area contributed by atoms with Crippen LogP contribution in [0, 0.1) is 0 Å². The van der Waals surface area contributed by atoms with Gasteiger partial charge in [0.05, 0.1) is 0 Å². The monoisotopic (exact) mass is 179 g/mol. The minimum atomic E-state index is -1.03. The average molecular weight is 179 g/mol. The summed E-state index contributed by atoms with van der Waals surface area (Å²) in [6, 6.07) is -0.817. The van der Waals surface area contributed by atoms with Crippen molar-refractivity contribution in [2.45, 2.75) is 19.4 Å². The van der Waals surface area contributed by atoms with Crippen LogP contribution in [0.2, 0.25) is 0 Å². The summed E-state index contributed by atoms with van der Waals surface area (Å²) in [4.78, 5) is 20.9. The van der Waals surface area contributed by atoms with Gasteiger partial charge in [0.1, 0.15) is 6.04 Å². The molecular weight excluding hydrogens is 166 g/mol. The molecule has 0 saturated heterocycles. The first-order valence-corrected chi connectivity index (χ1v) is 3.84. The summed E-state index contributed by atoms with van der Waals surface area (Å²) in [6.07, 6.45) is 0.251. The molecule has 0 aliphatic heterocycles. The van der Waals surface area contributed by atoms with Crippen molar-refractivity contribution in [2.24, 2.45) is 0 Å². The van der Waals surface area contributed by atoms with Gasteiger partial charge >= 0.3 is 5.97 Å². The first-order valence-electron chi connectivity index (χ1n) is 3.21. The normalized spacial score (nSPS) is 12.2. The molecule has 0 aliphatic carbocycles. The fraction of sp³-hybridized carbons (Fsp3) is 0.667. The van der Waals surface area contributed by atoms with Gasteiger partial charge in [-0.3, -0.25) is 9.59 Å². The minimum absolute atomic E-state index is 0. The first kappa shape index (κ1) is 10.3. The van der Waals surface area contributed by atoms with E-state index >= 15 is 0 Å². The number of aliphatic carboxylic acids is 1. The molecule has 0 aromatic heterocycles. The smallest absolute Gasteiger partial charge is 0.325 e. The van der Waals surface area contributed by atoms with Crippen LogP contribution in [0.4, 0.5) is 0 Å². The topological polar surface area (TPSA) is 66.4 Å². The van der Waals surface area contributed by atoms with Crippen molar-refractivity contribution in [3.05, 3.63) is 0 Å². The second-order valence-electron chi connectivity index (χ2n) is 2.10. The predicted octanol–water partition coefficient (Wildman–Crippen LogP) is 0.142. The molecule has 0 spiro atoms. The maximum absolute atomic E-state index is 10.7. The second-order valence-corrected chi connectivity index (χ2v) is 2.55. The highest BCUT2D eigenvalue weighted by molar-refractivity contribution is 7.80. The van der Waals surface area contributed by atoms with Crippen LogP contribution in [0.25, 0.3) is 0 Å². The SMILES string of the molecule is CC(NC(=O)CCS)C(=O)O.[HH]. The van der Waals surface area contributed by atoms with Gasteiger partial charge in [0.25, 0.3) is 0 Å². The Morgan fingerprint density at radius 1 is 1.73 bits per heavy atom. The van der Waals surface area contributed by atoms with Crippen molar-refractivity contribution in [3.63, 3.8) is 0 Å². The molecule has 0 radical (unpaired) electrons. The molecule has 0 aliphatic rings. The molecule has 5 heteroatoms. The molecule has 0 bridgehead atoms. The Morgan fingerprint density at radius 3 is 2.64 bits per heavy atom. The van der Waals surface area contributed by atoms with Crippen molar-refractivity contribution in [1.82, 2.24) is 5.32 Å². The van der Waals surface area contributed by atoms with Crippen molar-refractivity contribution in [3.8, 4) is 0 Å². The lowest BCUT2D eigenvalue weighted by Gasteiger charge is -2.07. The van der Waals surface area contributed by atoms with Crippen LogP contribution in [0.15, 0.2) is 0 Å². The molecule has 66 valence electrons. The van der Waals surface area contributed by atoms with Gasteiger partial charge in [0.2, 0.25) is 5.91 Å². The van der Waals surface area contributed by atoms with Gasteiger partial charge in [-0.15, -0.1) is 0 Å². The molecule has 4 nitrogen and oxygen atoms in total. The number of hydrogen-bond donors (Lipinski definition) is 3. The van der Waals surface area contributed by atoms with E-state index in [9.17, 15) is 9.59 Å². The summed E-state index contributed by atoms with van der Waals surface area (Å²) in [5, 5.41) is 10.7. The van der Waals surface area contributed by atoms with Gasteiger partial charge in [-0.1, -0.05) is 0 Å². The van der Waals surface area contributed by atoms with E-state index in [0.717, 1.165) is 0 Å². The molecule has 0 saturated carbocycles. The van der Waals surface area contributed by atoms with Crippen molar-refractivity contribution in [1.29, 1.82) is 0 Å². The Kier molecular flexibility index (Phi) is 4.69. The summed E-state index contributed by atoms with van der Waals surface area (Å²) in [5.74, 6) is -0.884. The van der Waals surface area contributed by atoms with E-state index in [4.69, 9.17) is 5.11 Å². The fourth-order valence-electron chi connectivity index (χ4n) is 0.477. The minimum Gasteiger partial charge on any atom is -0.480 e. The molecule has 1 atom stereocenters. The molecule has 0 rings (SSSR count). The lowest BCUT2D eigenvalue weighted by molar-refractivity contribution is -0.141. The predicted molar refractivity (Wildman–Crippen MR) is 45.8 cm³/mol. The molecular formula is C6H13NO3S. The van der Waals surface area contributed by atoms with E-state index in [0.29, 0.717) is 5.75 Å². The molecule has 2 N–H and O–H groups in total. The van der Waals surface area contributed by atoms with E-state index in [-0.39, 0.29) is 13.8 Å². The first-order chi connectivity index (χ1) is 5.07. The number of carbonyl (C=O) groups excluding carboxylic acids is 1. The van der Waals surface area contributed by atoms with E-state index in [2.05, 4.69) is 17.9 Å². The number of thiol groups is 1. The second kappa shape index (κ2) is 5.01. The van der Waals surface area contributed by atoms with Gasteiger partial charge < -0.3 is 10.4 Å². The summed E-state index contributed by atoms with van der Waals surface area (Å²) in [6.45, 7) is 1.42. The van der Waals surface area contributed by atoms with Crippen molar-refractivity contribution >= 4 is 24.5 Å². The van der Waals surface area contributed by atoms with Gasteiger partial charge in [-0.05, 0) is 12.7 Å². The van der Waals surface area contributed by atoms with Crippen LogP contribution < -0.4 is 5.32 Å². The van der Waals surface area contributed by atoms with Crippen LogP contribution in [-0.4, -0.2) is 28.8 Å². The number of amides is 1. The quantitative estimate of drug-likeness (QED) is 0.538. The zero-order valence-corrected chi connectivity index (χ0v) is 7.10. The van der Waals surface area contributed by atoms with Crippen LogP contribution >= 0.6 is 12.6 Å². The Bertz CT molecular complexity index is 165. The van der Waals surface area contributed by atoms with Crippen LogP contribution in [-0.2, 0) is 9.59 Å². The summed E-state index contributed by atoms with van der Waals surface area (Å²) >= 11 is 3.83. The number of hydrogen-bond acceptors (Lipinski definition) is 3. The Labute approximate surface area is 71.9 Å². The van der Waals surface area contributed by atoms with E-state index in [1.54, 1.807) is 0 Å². The number of carboxylic acid groups (broad SMARTS) is 1. The third-order valence-corrected chi connectivity index (χ3v) is 1.31. The number of carbonyl (C=O) groups is 2. The maximum atomic E-state index is 10.7. The Morgan fingerprint density at radius 2 is 2.27 bits per heavy atom. The molecule has 0 heterocycles. The van der Waals surface area contributed by atoms with Gasteiger partial charge in [0.15, 0.2) is 0 Å². The number of nitrogens with one attached hydrogen (secondary N) is 1. The Balaban J connectivity index is 0. The molecule has 11 heavy (non-hydrogen) atoms. The highest BCUT2D eigenvalue weighted by atomic mass is 32.1. The lowest BCUT2D eigenvalue weighted by atomic mass is 10.3. The Hall–Kier alpha value is -0.710. The molecule has 0 aromatic rings. The zero-order chi connectivity index (χ0) is 8.85. The van der Waals surface area contributed by atoms with Crippen molar-refractivity contribution < 1.29 is 16.1 Å². The van der Waals surface area contributed by atoms with Gasteiger partial charge in [-0.2, -0.15) is 12.6 Å². The maximum Gasteiger partial charge on any atom is 0.325 e. The highest BCUT2D eigenvalue weighted by Crippen LogP contribution is 1.86. The summed E-state index contributed by atoms with van der Waals surface area (Å²) in [7, 11) is 0. The van der Waals surface area contributed by atoms with Crippen LogP contribution in [0.1, 0.15) is 14.8 Å². The van der Waals surface area contributed by atoms with E-state index in [1.165, 1.54) is 6.92 Å². The van der Waals surface area contributed by atoms with E-state index in [1.807, 2.05) is 0 Å². The molecule has 0 fully saturated rings. The van der Waals surface area contributed by atoms with E-state index < -0.39 is 12.0 Å². The third kappa shape index (κ3) is 4.66. The fourth-order valence-corrected chi connectivity index (χ4v) is 0.680. The standard InChI is InChI=1S/C6H11NO3S.H2/c1-4(6(9)10)7-5(8)2-3-11;/h4,11H,2-3H2,1H3,(H,7,8)(H,9,10);1H. The summed E-state index contributed by atoms with van der Waals surface area (Å²) in [5.41, 5.74) is 0. The molecule has 1 unspecified atom stereocenters. The molecule has 1 amide bonds. The van der Waals surface area contributed by atoms with Crippen LogP contribution in [0.3, 0.4) is 0 Å².